The van der Waals surface area contributed by atoms with Gasteiger partial charge in [0.1, 0.15) is 0 Å². The Balaban J connectivity index is 2.00. The van der Waals surface area contributed by atoms with Crippen LogP contribution < -0.4 is 5.32 Å². The number of benzene rings is 1. The van der Waals surface area contributed by atoms with Crippen LogP contribution in [0.4, 0.5) is 5.69 Å². The SMILES string of the molecule is CCC(OC(=O)c1cnccn1)C(=O)Nc1ccc(C)cc1. The highest BCUT2D eigenvalue weighted by Gasteiger charge is 2.22. The van der Waals surface area contributed by atoms with Gasteiger partial charge in [0.2, 0.25) is 0 Å². The monoisotopic (exact) mass is 299 g/mol. The third-order valence-electron chi connectivity index (χ3n) is 3.00. The van der Waals surface area contributed by atoms with Crippen molar-refractivity contribution in [2.75, 3.05) is 5.32 Å². The van der Waals surface area contributed by atoms with Crippen molar-refractivity contribution in [2.24, 2.45) is 0 Å². The summed E-state index contributed by atoms with van der Waals surface area (Å²) >= 11 is 0. The third kappa shape index (κ3) is 4.12. The second-order valence-electron chi connectivity index (χ2n) is 4.75. The number of nitrogens with zero attached hydrogens (tertiary/aromatic N) is 2. The minimum Gasteiger partial charge on any atom is -0.447 e. The van der Waals surface area contributed by atoms with Crippen molar-refractivity contribution in [3.63, 3.8) is 0 Å². The predicted molar refractivity (Wildman–Crippen MR) is 81.3 cm³/mol. The molecule has 1 N–H and O–H groups in total. The summed E-state index contributed by atoms with van der Waals surface area (Å²) in [5.74, 6) is -1.04. The van der Waals surface area contributed by atoms with Gasteiger partial charge in [-0.3, -0.25) is 9.78 Å². The number of aromatic nitrogens is 2. The molecule has 0 aliphatic rings. The highest BCUT2D eigenvalue weighted by Crippen LogP contribution is 2.11. The van der Waals surface area contributed by atoms with Crippen molar-refractivity contribution in [1.29, 1.82) is 0 Å². The van der Waals surface area contributed by atoms with Crippen LogP contribution in [-0.4, -0.2) is 27.9 Å². The molecule has 2 aromatic rings. The third-order valence-corrected chi connectivity index (χ3v) is 3.00. The fourth-order valence-electron chi connectivity index (χ4n) is 1.78. The van der Waals surface area contributed by atoms with Crippen LogP contribution in [0.25, 0.3) is 0 Å². The van der Waals surface area contributed by atoms with E-state index in [1.165, 1.54) is 18.6 Å². The van der Waals surface area contributed by atoms with Gasteiger partial charge in [-0.1, -0.05) is 24.6 Å². The Morgan fingerprint density at radius 2 is 1.95 bits per heavy atom. The van der Waals surface area contributed by atoms with Gasteiger partial charge in [-0.25, -0.2) is 9.78 Å². The zero-order valence-electron chi connectivity index (χ0n) is 12.4. The molecule has 22 heavy (non-hydrogen) atoms. The first-order valence-electron chi connectivity index (χ1n) is 6.94. The van der Waals surface area contributed by atoms with E-state index in [1.807, 2.05) is 19.1 Å². The molecule has 0 bridgehead atoms. The molecule has 6 heteroatoms. The molecule has 0 radical (unpaired) electrons. The van der Waals surface area contributed by atoms with Crippen molar-refractivity contribution in [3.05, 3.63) is 54.1 Å². The summed E-state index contributed by atoms with van der Waals surface area (Å²) in [6.45, 7) is 3.73. The standard InChI is InChI=1S/C16H17N3O3/c1-3-14(22-16(21)13-10-17-8-9-18-13)15(20)19-12-6-4-11(2)5-7-12/h4-10,14H,3H2,1-2H3,(H,19,20). The number of amides is 1. The van der Waals surface area contributed by atoms with E-state index in [0.717, 1.165) is 5.56 Å². The van der Waals surface area contributed by atoms with Crippen molar-refractivity contribution in [1.82, 2.24) is 9.97 Å². The van der Waals surface area contributed by atoms with E-state index in [-0.39, 0.29) is 11.6 Å². The molecule has 1 atom stereocenters. The summed E-state index contributed by atoms with van der Waals surface area (Å²) in [5.41, 5.74) is 1.83. The zero-order valence-corrected chi connectivity index (χ0v) is 12.4. The molecule has 0 saturated heterocycles. The summed E-state index contributed by atoms with van der Waals surface area (Å²) in [6, 6.07) is 7.37. The molecule has 1 unspecified atom stereocenters. The van der Waals surface area contributed by atoms with Gasteiger partial charge in [-0.15, -0.1) is 0 Å². The Bertz CT molecular complexity index is 641. The molecule has 1 amide bonds. The maximum absolute atomic E-state index is 12.2. The second kappa shape index (κ2) is 7.31. The Kier molecular flexibility index (Phi) is 5.19. The fraction of sp³-hybridized carbons (Fsp3) is 0.250. The summed E-state index contributed by atoms with van der Waals surface area (Å²) in [4.78, 5) is 31.7. The topological polar surface area (TPSA) is 81.2 Å². The molecule has 1 aromatic carbocycles. The van der Waals surface area contributed by atoms with Gasteiger partial charge in [0.25, 0.3) is 5.91 Å². The normalized spacial score (nSPS) is 11.5. The van der Waals surface area contributed by atoms with Crippen LogP contribution in [0.15, 0.2) is 42.9 Å². The van der Waals surface area contributed by atoms with E-state index in [1.54, 1.807) is 19.1 Å². The van der Waals surface area contributed by atoms with Crippen molar-refractivity contribution in [3.8, 4) is 0 Å². The van der Waals surface area contributed by atoms with Gasteiger partial charge in [0, 0.05) is 18.1 Å². The van der Waals surface area contributed by atoms with E-state index in [9.17, 15) is 9.59 Å². The highest BCUT2D eigenvalue weighted by molar-refractivity contribution is 5.96. The first kappa shape index (κ1) is 15.6. The van der Waals surface area contributed by atoms with E-state index < -0.39 is 12.1 Å². The number of anilines is 1. The molecular formula is C16H17N3O3. The number of carbonyl (C=O) groups is 2. The highest BCUT2D eigenvalue weighted by atomic mass is 16.5. The van der Waals surface area contributed by atoms with Crippen LogP contribution in [0.2, 0.25) is 0 Å². The number of hydrogen-bond donors (Lipinski definition) is 1. The Labute approximate surface area is 128 Å². The van der Waals surface area contributed by atoms with Crippen LogP contribution in [-0.2, 0) is 9.53 Å². The number of nitrogens with one attached hydrogen (secondary N) is 1. The molecule has 0 saturated carbocycles. The predicted octanol–water partition coefficient (Wildman–Crippen LogP) is 2.36. The molecule has 114 valence electrons. The van der Waals surface area contributed by atoms with E-state index in [0.29, 0.717) is 12.1 Å². The maximum Gasteiger partial charge on any atom is 0.359 e. The number of hydrogen-bond acceptors (Lipinski definition) is 5. The number of aryl methyl sites for hydroxylation is 1. The lowest BCUT2D eigenvalue weighted by Crippen LogP contribution is -2.32. The Morgan fingerprint density at radius 1 is 1.23 bits per heavy atom. The average Bonchev–Trinajstić information content (AvgIpc) is 2.55. The van der Waals surface area contributed by atoms with Gasteiger partial charge in [0.15, 0.2) is 11.8 Å². The molecule has 0 spiro atoms. The van der Waals surface area contributed by atoms with E-state index in [2.05, 4.69) is 15.3 Å². The number of carbonyl (C=O) groups excluding carboxylic acids is 2. The first-order valence-corrected chi connectivity index (χ1v) is 6.94. The van der Waals surface area contributed by atoms with E-state index >= 15 is 0 Å². The number of ether oxygens (including phenoxy) is 1. The molecule has 1 aromatic heterocycles. The largest absolute Gasteiger partial charge is 0.447 e. The van der Waals surface area contributed by atoms with Crippen LogP contribution in [0.3, 0.4) is 0 Å². The quantitative estimate of drug-likeness (QED) is 0.857. The van der Waals surface area contributed by atoms with Crippen molar-refractivity contribution >= 4 is 17.6 Å². The van der Waals surface area contributed by atoms with Gasteiger partial charge >= 0.3 is 5.97 Å². The maximum atomic E-state index is 12.2. The molecule has 1 heterocycles. The summed E-state index contributed by atoms with van der Waals surface area (Å²) < 4.78 is 5.19. The molecular weight excluding hydrogens is 282 g/mol. The fourth-order valence-corrected chi connectivity index (χ4v) is 1.78. The smallest absolute Gasteiger partial charge is 0.359 e. The van der Waals surface area contributed by atoms with E-state index in [4.69, 9.17) is 4.74 Å². The second-order valence-corrected chi connectivity index (χ2v) is 4.75. The number of esters is 1. The molecule has 0 aliphatic heterocycles. The first-order chi connectivity index (χ1) is 10.6. The summed E-state index contributed by atoms with van der Waals surface area (Å²) in [5, 5.41) is 2.72. The lowest BCUT2D eigenvalue weighted by Gasteiger charge is -2.15. The minimum absolute atomic E-state index is 0.0732. The molecule has 2 rings (SSSR count). The Morgan fingerprint density at radius 3 is 2.55 bits per heavy atom. The lowest BCUT2D eigenvalue weighted by molar-refractivity contribution is -0.124. The van der Waals surface area contributed by atoms with Gasteiger partial charge in [0.05, 0.1) is 6.20 Å². The molecule has 0 fully saturated rings. The van der Waals surface area contributed by atoms with Gasteiger partial charge in [-0.05, 0) is 25.5 Å². The van der Waals surface area contributed by atoms with Gasteiger partial charge in [-0.2, -0.15) is 0 Å². The van der Waals surface area contributed by atoms with Crippen molar-refractivity contribution in [2.45, 2.75) is 26.4 Å². The van der Waals surface area contributed by atoms with Crippen molar-refractivity contribution < 1.29 is 14.3 Å². The van der Waals surface area contributed by atoms with Crippen LogP contribution >= 0.6 is 0 Å². The summed E-state index contributed by atoms with van der Waals surface area (Å²) in [6.07, 6.45) is 3.63. The zero-order chi connectivity index (χ0) is 15.9. The van der Waals surface area contributed by atoms with Crippen LogP contribution in [0.1, 0.15) is 29.4 Å². The summed E-state index contributed by atoms with van der Waals surface area (Å²) in [7, 11) is 0. The molecule has 0 aliphatic carbocycles. The lowest BCUT2D eigenvalue weighted by atomic mass is 10.2. The minimum atomic E-state index is -0.879. The average molecular weight is 299 g/mol. The Hall–Kier alpha value is -2.76. The molecule has 6 nitrogen and oxygen atoms in total. The van der Waals surface area contributed by atoms with Crippen LogP contribution in [0.5, 0.6) is 0 Å². The van der Waals surface area contributed by atoms with Gasteiger partial charge < -0.3 is 10.1 Å². The van der Waals surface area contributed by atoms with Crippen LogP contribution in [0, 0.1) is 6.92 Å². The number of rotatable bonds is 5.